The van der Waals surface area contributed by atoms with Gasteiger partial charge < -0.3 is 15.4 Å². The maximum atomic E-state index is 12.5. The number of nitrogens with one attached hydrogen (secondary N) is 2. The van der Waals surface area contributed by atoms with Gasteiger partial charge in [-0.1, -0.05) is 96.0 Å². The molecule has 1 unspecified atom stereocenters. The summed E-state index contributed by atoms with van der Waals surface area (Å²) in [5.74, 6) is 0.168. The predicted octanol–water partition coefficient (Wildman–Crippen LogP) is 5.58. The Bertz CT molecular complexity index is 561. The van der Waals surface area contributed by atoms with E-state index in [2.05, 4.69) is 17.6 Å². The van der Waals surface area contributed by atoms with Crippen molar-refractivity contribution in [3.63, 3.8) is 0 Å². The van der Waals surface area contributed by atoms with Crippen LogP contribution < -0.4 is 10.6 Å². The van der Waals surface area contributed by atoms with Crippen molar-refractivity contribution in [2.24, 2.45) is 5.92 Å². The SMILES string of the molecule is CCCCCCCCCCNC(=O)C(CC(C)C)NC(=O)OCc1ccccc1. The van der Waals surface area contributed by atoms with Crippen LogP contribution in [-0.4, -0.2) is 24.6 Å². The second-order valence-corrected chi connectivity index (χ2v) is 8.15. The first-order valence-corrected chi connectivity index (χ1v) is 11.3. The molecule has 0 spiro atoms. The van der Waals surface area contributed by atoms with Gasteiger partial charge in [0.15, 0.2) is 0 Å². The fourth-order valence-electron chi connectivity index (χ4n) is 3.20. The summed E-state index contributed by atoms with van der Waals surface area (Å²) in [6.07, 6.45) is 9.89. The van der Waals surface area contributed by atoms with Gasteiger partial charge in [-0.25, -0.2) is 4.79 Å². The van der Waals surface area contributed by atoms with Gasteiger partial charge in [0.25, 0.3) is 0 Å². The molecule has 1 aromatic carbocycles. The first-order valence-electron chi connectivity index (χ1n) is 11.3. The molecule has 2 N–H and O–H groups in total. The lowest BCUT2D eigenvalue weighted by Gasteiger charge is -2.20. The number of carbonyl (C=O) groups excluding carboxylic acids is 2. The molecule has 164 valence electrons. The van der Waals surface area contributed by atoms with Crippen LogP contribution in [0.2, 0.25) is 0 Å². The highest BCUT2D eigenvalue weighted by atomic mass is 16.5. The Hall–Kier alpha value is -2.04. The number of amides is 2. The average Bonchev–Trinajstić information content (AvgIpc) is 2.71. The fourth-order valence-corrected chi connectivity index (χ4v) is 3.20. The second kappa shape index (κ2) is 15.8. The van der Waals surface area contributed by atoms with E-state index in [0.29, 0.717) is 18.9 Å². The molecule has 0 bridgehead atoms. The molecule has 0 aliphatic heterocycles. The monoisotopic (exact) mass is 404 g/mol. The standard InChI is InChI=1S/C24H40N2O3/c1-4-5-6-7-8-9-10-14-17-25-23(27)22(18-20(2)3)26-24(28)29-19-21-15-12-11-13-16-21/h11-13,15-16,20,22H,4-10,14,17-19H2,1-3H3,(H,25,27)(H,26,28). The van der Waals surface area contributed by atoms with Gasteiger partial charge >= 0.3 is 6.09 Å². The smallest absolute Gasteiger partial charge is 0.408 e. The predicted molar refractivity (Wildman–Crippen MR) is 119 cm³/mol. The number of alkyl carbamates (subject to hydrolysis) is 1. The van der Waals surface area contributed by atoms with Crippen molar-refractivity contribution in [2.45, 2.75) is 91.2 Å². The van der Waals surface area contributed by atoms with Crippen molar-refractivity contribution in [3.05, 3.63) is 35.9 Å². The van der Waals surface area contributed by atoms with E-state index >= 15 is 0 Å². The molecule has 2 amide bonds. The van der Waals surface area contributed by atoms with Crippen molar-refractivity contribution in [2.75, 3.05) is 6.54 Å². The fraction of sp³-hybridized carbons (Fsp3) is 0.667. The molecule has 5 nitrogen and oxygen atoms in total. The zero-order chi connectivity index (χ0) is 21.3. The van der Waals surface area contributed by atoms with Gasteiger partial charge in [0.2, 0.25) is 5.91 Å². The normalized spacial score (nSPS) is 11.9. The zero-order valence-electron chi connectivity index (χ0n) is 18.5. The molecule has 0 saturated heterocycles. The summed E-state index contributed by atoms with van der Waals surface area (Å²) in [6.45, 7) is 7.16. The number of rotatable bonds is 15. The van der Waals surface area contributed by atoms with Gasteiger partial charge in [-0.15, -0.1) is 0 Å². The van der Waals surface area contributed by atoms with Crippen LogP contribution in [0.1, 0.15) is 84.1 Å². The molecule has 0 aromatic heterocycles. The van der Waals surface area contributed by atoms with E-state index in [1.165, 1.54) is 38.5 Å². The van der Waals surface area contributed by atoms with E-state index in [9.17, 15) is 9.59 Å². The van der Waals surface area contributed by atoms with Crippen molar-refractivity contribution in [1.29, 1.82) is 0 Å². The van der Waals surface area contributed by atoms with Crippen LogP contribution in [-0.2, 0) is 16.1 Å². The van der Waals surface area contributed by atoms with Crippen LogP contribution in [0.25, 0.3) is 0 Å². The largest absolute Gasteiger partial charge is 0.445 e. The lowest BCUT2D eigenvalue weighted by atomic mass is 10.0. The number of benzene rings is 1. The topological polar surface area (TPSA) is 67.4 Å². The van der Waals surface area contributed by atoms with Gasteiger partial charge in [-0.2, -0.15) is 0 Å². The summed E-state index contributed by atoms with van der Waals surface area (Å²) in [5.41, 5.74) is 0.919. The Morgan fingerprint density at radius 1 is 0.931 bits per heavy atom. The zero-order valence-corrected chi connectivity index (χ0v) is 18.5. The Morgan fingerprint density at radius 2 is 1.55 bits per heavy atom. The Labute approximate surface area is 177 Å². The third-order valence-electron chi connectivity index (χ3n) is 4.86. The number of hydrogen-bond acceptors (Lipinski definition) is 3. The lowest BCUT2D eigenvalue weighted by Crippen LogP contribution is -2.47. The highest BCUT2D eigenvalue weighted by Crippen LogP contribution is 2.09. The molecule has 1 rings (SSSR count). The molecular weight excluding hydrogens is 364 g/mol. The maximum absolute atomic E-state index is 12.5. The molecule has 0 radical (unpaired) electrons. The average molecular weight is 405 g/mol. The molecule has 5 heteroatoms. The molecule has 1 atom stereocenters. The second-order valence-electron chi connectivity index (χ2n) is 8.15. The van der Waals surface area contributed by atoms with Gasteiger partial charge in [0, 0.05) is 6.54 Å². The van der Waals surface area contributed by atoms with Crippen molar-refractivity contribution in [1.82, 2.24) is 10.6 Å². The van der Waals surface area contributed by atoms with E-state index < -0.39 is 12.1 Å². The first kappa shape index (κ1) is 25.0. The number of ether oxygens (including phenoxy) is 1. The highest BCUT2D eigenvalue weighted by Gasteiger charge is 2.22. The van der Waals surface area contributed by atoms with Gasteiger partial charge in [-0.3, -0.25) is 4.79 Å². The summed E-state index contributed by atoms with van der Waals surface area (Å²) in [4.78, 5) is 24.6. The molecule has 0 heterocycles. The minimum atomic E-state index is -0.563. The Balaban J connectivity index is 2.27. The van der Waals surface area contributed by atoms with Crippen LogP contribution >= 0.6 is 0 Å². The lowest BCUT2D eigenvalue weighted by molar-refractivity contribution is -0.123. The quantitative estimate of drug-likeness (QED) is 0.375. The van der Waals surface area contributed by atoms with E-state index in [4.69, 9.17) is 4.74 Å². The van der Waals surface area contributed by atoms with Crippen molar-refractivity contribution in [3.8, 4) is 0 Å². The Morgan fingerprint density at radius 3 is 2.17 bits per heavy atom. The van der Waals surface area contributed by atoms with Crippen LogP contribution in [0.15, 0.2) is 30.3 Å². The van der Waals surface area contributed by atoms with E-state index in [-0.39, 0.29) is 12.5 Å². The van der Waals surface area contributed by atoms with Gasteiger partial charge in [-0.05, 0) is 24.3 Å². The van der Waals surface area contributed by atoms with Crippen LogP contribution in [0.5, 0.6) is 0 Å². The summed E-state index contributed by atoms with van der Waals surface area (Å²) >= 11 is 0. The summed E-state index contributed by atoms with van der Waals surface area (Å²) in [7, 11) is 0. The van der Waals surface area contributed by atoms with Gasteiger partial charge in [0.1, 0.15) is 12.6 Å². The minimum absolute atomic E-state index is 0.127. The summed E-state index contributed by atoms with van der Waals surface area (Å²) in [5, 5.41) is 5.70. The first-order chi connectivity index (χ1) is 14.0. The molecule has 1 aromatic rings. The summed E-state index contributed by atoms with van der Waals surface area (Å²) in [6, 6.07) is 8.95. The minimum Gasteiger partial charge on any atom is -0.445 e. The van der Waals surface area contributed by atoms with Crippen molar-refractivity contribution >= 4 is 12.0 Å². The van der Waals surface area contributed by atoms with E-state index in [0.717, 1.165) is 18.4 Å². The highest BCUT2D eigenvalue weighted by molar-refractivity contribution is 5.85. The number of hydrogen-bond donors (Lipinski definition) is 2. The van der Waals surface area contributed by atoms with E-state index in [1.807, 2.05) is 44.2 Å². The molecule has 29 heavy (non-hydrogen) atoms. The molecule has 0 aliphatic rings. The molecule has 0 saturated carbocycles. The Kier molecular flexibility index (Phi) is 13.6. The van der Waals surface area contributed by atoms with Gasteiger partial charge in [0.05, 0.1) is 0 Å². The van der Waals surface area contributed by atoms with Crippen LogP contribution in [0, 0.1) is 5.92 Å². The molecular formula is C24H40N2O3. The maximum Gasteiger partial charge on any atom is 0.408 e. The number of unbranched alkanes of at least 4 members (excludes halogenated alkanes) is 7. The van der Waals surface area contributed by atoms with E-state index in [1.54, 1.807) is 0 Å². The number of carbonyl (C=O) groups is 2. The van der Waals surface area contributed by atoms with Crippen molar-refractivity contribution < 1.29 is 14.3 Å². The molecule has 0 fully saturated rings. The third kappa shape index (κ3) is 12.9. The summed E-state index contributed by atoms with van der Waals surface area (Å²) < 4.78 is 5.26. The third-order valence-corrected chi connectivity index (χ3v) is 4.86. The van der Waals surface area contributed by atoms with Crippen LogP contribution in [0.4, 0.5) is 4.79 Å². The molecule has 0 aliphatic carbocycles. The van der Waals surface area contributed by atoms with Crippen LogP contribution in [0.3, 0.4) is 0 Å².